The van der Waals surface area contributed by atoms with Crippen LogP contribution in [0.5, 0.6) is 0 Å². The monoisotopic (exact) mass is 275 g/mol. The summed E-state index contributed by atoms with van der Waals surface area (Å²) in [7, 11) is 0. The molecule has 0 aliphatic carbocycles. The third kappa shape index (κ3) is 3.19. The average molecular weight is 275 g/mol. The van der Waals surface area contributed by atoms with Crippen molar-refractivity contribution in [1.82, 2.24) is 10.3 Å². The second-order valence-electron chi connectivity index (χ2n) is 4.30. The van der Waals surface area contributed by atoms with Crippen molar-refractivity contribution in [3.8, 4) is 0 Å². The molecule has 1 amide bonds. The highest BCUT2D eigenvalue weighted by Gasteiger charge is 2.13. The van der Waals surface area contributed by atoms with Gasteiger partial charge in [0, 0.05) is 13.1 Å². The van der Waals surface area contributed by atoms with Crippen LogP contribution in [-0.2, 0) is 13.1 Å². The van der Waals surface area contributed by atoms with Gasteiger partial charge in [0.15, 0.2) is 0 Å². The lowest BCUT2D eigenvalue weighted by Crippen LogP contribution is -2.23. The fraction of sp³-hybridized carbons (Fsp3) is 0.286. The van der Waals surface area contributed by atoms with Crippen LogP contribution >= 0.6 is 11.3 Å². The van der Waals surface area contributed by atoms with Crippen LogP contribution in [0.15, 0.2) is 24.3 Å². The Morgan fingerprint density at radius 2 is 2.00 bits per heavy atom. The molecule has 0 atom stereocenters. The minimum Gasteiger partial charge on any atom is -0.347 e. The van der Waals surface area contributed by atoms with Gasteiger partial charge >= 0.3 is 0 Å². The zero-order valence-corrected chi connectivity index (χ0v) is 11.9. The summed E-state index contributed by atoms with van der Waals surface area (Å²) >= 11 is 1.42. The number of aromatic nitrogens is 1. The number of benzene rings is 1. The third-order valence-corrected chi connectivity index (χ3v) is 3.96. The molecule has 1 aromatic carbocycles. The van der Waals surface area contributed by atoms with E-state index >= 15 is 0 Å². The predicted octanol–water partition coefficient (Wildman–Crippen LogP) is 2.15. The van der Waals surface area contributed by atoms with Crippen LogP contribution in [-0.4, -0.2) is 10.9 Å². The lowest BCUT2D eigenvalue weighted by molar-refractivity contribution is 0.0954. The van der Waals surface area contributed by atoms with Gasteiger partial charge in [-0.25, -0.2) is 4.98 Å². The quantitative estimate of drug-likeness (QED) is 0.898. The van der Waals surface area contributed by atoms with Gasteiger partial charge in [-0.05, 0) is 25.0 Å². The number of thiazole rings is 1. The summed E-state index contributed by atoms with van der Waals surface area (Å²) in [6.45, 7) is 4.72. The molecule has 0 bridgehead atoms. The highest BCUT2D eigenvalue weighted by atomic mass is 32.1. The maximum absolute atomic E-state index is 12.1. The Bertz CT molecular complexity index is 592. The van der Waals surface area contributed by atoms with E-state index in [-0.39, 0.29) is 5.91 Å². The van der Waals surface area contributed by atoms with Gasteiger partial charge in [-0.15, -0.1) is 11.3 Å². The first-order valence-corrected chi connectivity index (χ1v) is 6.92. The molecular formula is C14H17N3OS. The first kappa shape index (κ1) is 13.7. The van der Waals surface area contributed by atoms with Crippen molar-refractivity contribution in [2.24, 2.45) is 5.73 Å². The maximum Gasteiger partial charge on any atom is 0.263 e. The molecule has 0 unspecified atom stereocenters. The van der Waals surface area contributed by atoms with E-state index in [1.165, 1.54) is 11.3 Å². The molecule has 0 fully saturated rings. The predicted molar refractivity (Wildman–Crippen MR) is 77.1 cm³/mol. The standard InChI is InChI=1S/C14H17N3OS/c1-9-13(19-10(2)17-9)14(18)16-8-12-6-4-3-5-11(12)7-15/h3-6H,7-8,15H2,1-2H3,(H,16,18). The highest BCUT2D eigenvalue weighted by molar-refractivity contribution is 7.13. The van der Waals surface area contributed by atoms with Crippen molar-refractivity contribution in [1.29, 1.82) is 0 Å². The van der Waals surface area contributed by atoms with Crippen LogP contribution in [0.2, 0.25) is 0 Å². The second-order valence-corrected chi connectivity index (χ2v) is 5.51. The normalized spacial score (nSPS) is 10.5. The van der Waals surface area contributed by atoms with Crippen LogP contribution in [0, 0.1) is 13.8 Å². The smallest absolute Gasteiger partial charge is 0.263 e. The summed E-state index contributed by atoms with van der Waals surface area (Å²) in [6.07, 6.45) is 0. The van der Waals surface area contributed by atoms with Gasteiger partial charge in [0.1, 0.15) is 4.88 Å². The van der Waals surface area contributed by atoms with Crippen LogP contribution < -0.4 is 11.1 Å². The summed E-state index contributed by atoms with van der Waals surface area (Å²) in [5.41, 5.74) is 8.57. The number of nitrogens with one attached hydrogen (secondary N) is 1. The van der Waals surface area contributed by atoms with Crippen molar-refractivity contribution < 1.29 is 4.79 Å². The maximum atomic E-state index is 12.1. The first-order valence-electron chi connectivity index (χ1n) is 6.11. The zero-order chi connectivity index (χ0) is 13.8. The van der Waals surface area contributed by atoms with Gasteiger partial charge in [0.25, 0.3) is 5.91 Å². The Labute approximate surface area is 116 Å². The van der Waals surface area contributed by atoms with E-state index in [1.807, 2.05) is 38.1 Å². The van der Waals surface area contributed by atoms with E-state index in [0.717, 1.165) is 21.8 Å². The molecule has 0 aliphatic rings. The molecule has 0 spiro atoms. The molecule has 1 aromatic heterocycles. The minimum atomic E-state index is -0.0741. The van der Waals surface area contributed by atoms with Crippen molar-refractivity contribution >= 4 is 17.2 Å². The van der Waals surface area contributed by atoms with Crippen LogP contribution in [0.4, 0.5) is 0 Å². The first-order chi connectivity index (χ1) is 9.11. The summed E-state index contributed by atoms with van der Waals surface area (Å²) < 4.78 is 0. The number of carbonyl (C=O) groups excluding carboxylic acids is 1. The molecule has 0 radical (unpaired) electrons. The number of carbonyl (C=O) groups is 1. The molecule has 3 N–H and O–H groups in total. The van der Waals surface area contributed by atoms with E-state index in [2.05, 4.69) is 10.3 Å². The number of nitrogens with zero attached hydrogens (tertiary/aromatic N) is 1. The second kappa shape index (κ2) is 5.95. The SMILES string of the molecule is Cc1nc(C)c(C(=O)NCc2ccccc2CN)s1. The molecule has 1 heterocycles. The fourth-order valence-electron chi connectivity index (χ4n) is 1.93. The van der Waals surface area contributed by atoms with Crippen LogP contribution in [0.25, 0.3) is 0 Å². The Balaban J connectivity index is 2.06. The topological polar surface area (TPSA) is 68.0 Å². The molecule has 100 valence electrons. The van der Waals surface area contributed by atoms with Gasteiger partial charge in [0.2, 0.25) is 0 Å². The van der Waals surface area contributed by atoms with Gasteiger partial charge in [-0.1, -0.05) is 24.3 Å². The molecule has 0 saturated heterocycles. The number of aryl methyl sites for hydroxylation is 2. The summed E-state index contributed by atoms with van der Waals surface area (Å²) in [5.74, 6) is -0.0741. The minimum absolute atomic E-state index is 0.0741. The molecule has 19 heavy (non-hydrogen) atoms. The Morgan fingerprint density at radius 3 is 2.58 bits per heavy atom. The van der Waals surface area contributed by atoms with Crippen molar-refractivity contribution in [2.45, 2.75) is 26.9 Å². The van der Waals surface area contributed by atoms with E-state index in [1.54, 1.807) is 0 Å². The molecular weight excluding hydrogens is 258 g/mol. The number of amides is 1. The number of rotatable bonds is 4. The van der Waals surface area contributed by atoms with Crippen molar-refractivity contribution in [3.63, 3.8) is 0 Å². The molecule has 0 aliphatic heterocycles. The molecule has 2 rings (SSSR count). The summed E-state index contributed by atoms with van der Waals surface area (Å²) in [4.78, 5) is 17.0. The van der Waals surface area contributed by atoms with Gasteiger partial charge in [0.05, 0.1) is 10.7 Å². The molecule has 0 saturated carbocycles. The number of hydrogen-bond donors (Lipinski definition) is 2. The molecule has 2 aromatic rings. The largest absolute Gasteiger partial charge is 0.347 e. The van der Waals surface area contributed by atoms with Crippen LogP contribution in [0.1, 0.15) is 31.5 Å². The molecule has 4 nitrogen and oxygen atoms in total. The molecule has 5 heteroatoms. The highest BCUT2D eigenvalue weighted by Crippen LogP contribution is 2.17. The number of nitrogens with two attached hydrogens (primary N) is 1. The van der Waals surface area contributed by atoms with E-state index < -0.39 is 0 Å². The third-order valence-electron chi connectivity index (χ3n) is 2.89. The summed E-state index contributed by atoms with van der Waals surface area (Å²) in [5, 5.41) is 3.83. The van der Waals surface area contributed by atoms with Gasteiger partial charge < -0.3 is 11.1 Å². The lowest BCUT2D eigenvalue weighted by Gasteiger charge is -2.08. The van der Waals surface area contributed by atoms with E-state index in [9.17, 15) is 4.79 Å². The van der Waals surface area contributed by atoms with Gasteiger partial charge in [-0.3, -0.25) is 4.79 Å². The van der Waals surface area contributed by atoms with Gasteiger partial charge in [-0.2, -0.15) is 0 Å². The Hall–Kier alpha value is -1.72. The zero-order valence-electron chi connectivity index (χ0n) is 11.1. The van der Waals surface area contributed by atoms with Crippen molar-refractivity contribution in [3.05, 3.63) is 51.0 Å². The fourth-order valence-corrected chi connectivity index (χ4v) is 2.76. The Kier molecular flexibility index (Phi) is 4.29. The van der Waals surface area contributed by atoms with Crippen LogP contribution in [0.3, 0.4) is 0 Å². The Morgan fingerprint density at radius 1 is 1.32 bits per heavy atom. The van der Waals surface area contributed by atoms with Crippen molar-refractivity contribution in [2.75, 3.05) is 0 Å². The average Bonchev–Trinajstić information content (AvgIpc) is 2.75. The number of hydrogen-bond acceptors (Lipinski definition) is 4. The van der Waals surface area contributed by atoms with E-state index in [4.69, 9.17) is 5.73 Å². The lowest BCUT2D eigenvalue weighted by atomic mass is 10.1. The van der Waals surface area contributed by atoms with E-state index in [0.29, 0.717) is 18.0 Å². The summed E-state index contributed by atoms with van der Waals surface area (Å²) in [6, 6.07) is 7.85.